The molecule has 6 heteroatoms. The molecule has 2 atom stereocenters. The van der Waals surface area contributed by atoms with Crippen LogP contribution in [0.1, 0.15) is 31.0 Å². The van der Waals surface area contributed by atoms with E-state index in [0.717, 1.165) is 23.4 Å². The molecule has 2 aromatic rings. The van der Waals surface area contributed by atoms with E-state index in [0.29, 0.717) is 12.0 Å². The third-order valence-electron chi connectivity index (χ3n) is 3.84. The smallest absolute Gasteiger partial charge is 0.315 e. The Balaban J connectivity index is 1.88. The Labute approximate surface area is 146 Å². The number of methoxy groups -OCH3 is 1. The van der Waals surface area contributed by atoms with E-state index >= 15 is 0 Å². The zero-order valence-electron chi connectivity index (χ0n) is 14.5. The summed E-state index contributed by atoms with van der Waals surface area (Å²) in [6, 6.07) is 10.3. The summed E-state index contributed by atoms with van der Waals surface area (Å²) in [5.74, 6) is -1.08. The molecule has 0 fully saturated rings. The highest BCUT2D eigenvalue weighted by atomic mass is 19.2. The highest BCUT2D eigenvalue weighted by molar-refractivity contribution is 5.74. The van der Waals surface area contributed by atoms with Crippen LogP contribution in [0, 0.1) is 11.6 Å². The highest BCUT2D eigenvalue weighted by Gasteiger charge is 2.14. The van der Waals surface area contributed by atoms with Crippen molar-refractivity contribution in [2.75, 3.05) is 7.11 Å². The van der Waals surface area contributed by atoms with Gasteiger partial charge in [-0.1, -0.05) is 18.2 Å². The van der Waals surface area contributed by atoms with Crippen LogP contribution in [0.15, 0.2) is 42.5 Å². The fourth-order valence-corrected chi connectivity index (χ4v) is 2.53. The van der Waals surface area contributed by atoms with Gasteiger partial charge in [0, 0.05) is 6.04 Å². The molecule has 2 unspecified atom stereocenters. The van der Waals surface area contributed by atoms with Crippen molar-refractivity contribution in [2.24, 2.45) is 0 Å². The van der Waals surface area contributed by atoms with Crippen LogP contribution in [-0.4, -0.2) is 19.2 Å². The monoisotopic (exact) mass is 348 g/mol. The number of ether oxygens (including phenoxy) is 1. The molecule has 0 saturated heterocycles. The lowest BCUT2D eigenvalue weighted by molar-refractivity contribution is 0.234. The summed E-state index contributed by atoms with van der Waals surface area (Å²) < 4.78 is 31.4. The summed E-state index contributed by atoms with van der Waals surface area (Å²) in [4.78, 5) is 12.1. The molecule has 0 heterocycles. The molecule has 2 rings (SSSR count). The van der Waals surface area contributed by atoms with E-state index in [1.807, 2.05) is 31.2 Å². The predicted molar refractivity (Wildman–Crippen MR) is 92.6 cm³/mol. The Kier molecular flexibility index (Phi) is 6.33. The van der Waals surface area contributed by atoms with Gasteiger partial charge in [0.2, 0.25) is 0 Å². The third-order valence-corrected chi connectivity index (χ3v) is 3.84. The molecule has 2 amide bonds. The molecule has 0 spiro atoms. The maximum Gasteiger partial charge on any atom is 0.315 e. The number of carbonyl (C=O) groups excluding carboxylic acids is 1. The van der Waals surface area contributed by atoms with Crippen molar-refractivity contribution in [1.29, 1.82) is 0 Å². The van der Waals surface area contributed by atoms with Gasteiger partial charge in [0.25, 0.3) is 0 Å². The quantitative estimate of drug-likeness (QED) is 0.830. The largest absolute Gasteiger partial charge is 0.497 e. The van der Waals surface area contributed by atoms with Gasteiger partial charge in [-0.25, -0.2) is 13.6 Å². The number of nitrogens with one attached hydrogen (secondary N) is 2. The molecule has 25 heavy (non-hydrogen) atoms. The average molecular weight is 348 g/mol. The standard InChI is InChI=1S/C19H22F2N2O2/c1-12(9-14-5-4-6-16(10-14)25-3)22-19(24)23-13(2)15-7-8-17(20)18(21)11-15/h4-8,10-13H,9H2,1-3H3,(H2,22,23,24). The summed E-state index contributed by atoms with van der Waals surface area (Å²) in [5.41, 5.74) is 1.54. The normalized spacial score (nSPS) is 13.0. The predicted octanol–water partition coefficient (Wildman–Crippen LogP) is 3.96. The first-order valence-electron chi connectivity index (χ1n) is 8.04. The molecule has 0 aliphatic heterocycles. The van der Waals surface area contributed by atoms with Crippen LogP contribution in [0.25, 0.3) is 0 Å². The van der Waals surface area contributed by atoms with Crippen molar-refractivity contribution >= 4 is 6.03 Å². The molecule has 2 aromatic carbocycles. The second-order valence-electron chi connectivity index (χ2n) is 5.97. The van der Waals surface area contributed by atoms with Crippen LogP contribution in [0.4, 0.5) is 13.6 Å². The number of hydrogen-bond acceptors (Lipinski definition) is 2. The minimum absolute atomic E-state index is 0.107. The number of amides is 2. The van der Waals surface area contributed by atoms with Gasteiger partial charge in [-0.05, 0) is 55.7 Å². The van der Waals surface area contributed by atoms with Crippen LogP contribution in [0.3, 0.4) is 0 Å². The minimum Gasteiger partial charge on any atom is -0.497 e. The lowest BCUT2D eigenvalue weighted by Gasteiger charge is -2.19. The number of hydrogen-bond donors (Lipinski definition) is 2. The molecule has 0 saturated carbocycles. The zero-order chi connectivity index (χ0) is 18.4. The summed E-state index contributed by atoms with van der Waals surface area (Å²) in [7, 11) is 1.61. The first-order chi connectivity index (χ1) is 11.9. The topological polar surface area (TPSA) is 50.4 Å². The Hall–Kier alpha value is -2.63. The fourth-order valence-electron chi connectivity index (χ4n) is 2.53. The maximum atomic E-state index is 13.3. The first kappa shape index (κ1) is 18.7. The van der Waals surface area contributed by atoms with Gasteiger partial charge >= 0.3 is 6.03 Å². The van der Waals surface area contributed by atoms with Crippen LogP contribution in [0.2, 0.25) is 0 Å². The van der Waals surface area contributed by atoms with E-state index in [4.69, 9.17) is 4.74 Å². The molecule has 0 aromatic heterocycles. The molecule has 0 aliphatic carbocycles. The van der Waals surface area contributed by atoms with Crippen molar-refractivity contribution in [3.05, 3.63) is 65.2 Å². The molecule has 0 radical (unpaired) electrons. The van der Waals surface area contributed by atoms with Gasteiger partial charge in [-0.2, -0.15) is 0 Å². The van der Waals surface area contributed by atoms with Crippen molar-refractivity contribution in [3.8, 4) is 5.75 Å². The minimum atomic E-state index is -0.932. The van der Waals surface area contributed by atoms with E-state index in [9.17, 15) is 13.6 Å². The zero-order valence-corrected chi connectivity index (χ0v) is 14.5. The van der Waals surface area contributed by atoms with E-state index in [-0.39, 0.29) is 12.1 Å². The second-order valence-corrected chi connectivity index (χ2v) is 5.97. The lowest BCUT2D eigenvalue weighted by Crippen LogP contribution is -2.42. The Morgan fingerprint density at radius 1 is 1.08 bits per heavy atom. The van der Waals surface area contributed by atoms with Crippen LogP contribution in [0.5, 0.6) is 5.75 Å². The number of rotatable bonds is 6. The number of carbonyl (C=O) groups is 1. The summed E-state index contributed by atoms with van der Waals surface area (Å²) in [5, 5.41) is 5.55. The Morgan fingerprint density at radius 3 is 2.52 bits per heavy atom. The van der Waals surface area contributed by atoms with E-state index in [1.54, 1.807) is 14.0 Å². The third kappa shape index (κ3) is 5.45. The first-order valence-corrected chi connectivity index (χ1v) is 8.04. The molecule has 0 aliphatic rings. The van der Waals surface area contributed by atoms with Gasteiger partial charge in [0.15, 0.2) is 11.6 Å². The summed E-state index contributed by atoms with van der Waals surface area (Å²) >= 11 is 0. The molecular weight excluding hydrogens is 326 g/mol. The summed E-state index contributed by atoms with van der Waals surface area (Å²) in [6.07, 6.45) is 0.643. The van der Waals surface area contributed by atoms with Crippen LogP contribution < -0.4 is 15.4 Å². The van der Waals surface area contributed by atoms with Crippen molar-refractivity contribution in [3.63, 3.8) is 0 Å². The Bertz CT molecular complexity index is 737. The molecule has 134 valence electrons. The van der Waals surface area contributed by atoms with E-state index in [2.05, 4.69) is 10.6 Å². The fraction of sp³-hybridized carbons (Fsp3) is 0.316. The van der Waals surface area contributed by atoms with Gasteiger partial charge in [0.05, 0.1) is 13.2 Å². The van der Waals surface area contributed by atoms with Crippen molar-refractivity contribution in [2.45, 2.75) is 32.4 Å². The number of halogens is 2. The lowest BCUT2D eigenvalue weighted by atomic mass is 10.1. The number of benzene rings is 2. The molecular formula is C19H22F2N2O2. The summed E-state index contributed by atoms with van der Waals surface area (Å²) in [6.45, 7) is 3.60. The number of urea groups is 1. The Morgan fingerprint density at radius 2 is 1.84 bits per heavy atom. The van der Waals surface area contributed by atoms with Crippen molar-refractivity contribution in [1.82, 2.24) is 10.6 Å². The van der Waals surface area contributed by atoms with Gasteiger partial charge in [0.1, 0.15) is 5.75 Å². The van der Waals surface area contributed by atoms with Gasteiger partial charge in [-0.3, -0.25) is 0 Å². The second kappa shape index (κ2) is 8.46. The maximum absolute atomic E-state index is 13.3. The van der Waals surface area contributed by atoms with E-state index in [1.165, 1.54) is 6.07 Å². The van der Waals surface area contributed by atoms with Crippen molar-refractivity contribution < 1.29 is 18.3 Å². The molecule has 4 nitrogen and oxygen atoms in total. The molecule has 0 bridgehead atoms. The average Bonchev–Trinajstić information content (AvgIpc) is 2.57. The molecule has 2 N–H and O–H groups in total. The van der Waals surface area contributed by atoms with Gasteiger partial charge < -0.3 is 15.4 Å². The van der Waals surface area contributed by atoms with Crippen LogP contribution in [-0.2, 0) is 6.42 Å². The highest BCUT2D eigenvalue weighted by Crippen LogP contribution is 2.16. The SMILES string of the molecule is COc1cccc(CC(C)NC(=O)NC(C)c2ccc(F)c(F)c2)c1. The van der Waals surface area contributed by atoms with Gasteiger partial charge in [-0.15, -0.1) is 0 Å². The van der Waals surface area contributed by atoms with E-state index < -0.39 is 17.7 Å². The van der Waals surface area contributed by atoms with Crippen LogP contribution >= 0.6 is 0 Å².